The topological polar surface area (TPSA) is 0 Å². The Kier molecular flexibility index (Phi) is 2.52. The van der Waals surface area contributed by atoms with Crippen molar-refractivity contribution in [3.8, 4) is 0 Å². The van der Waals surface area contributed by atoms with E-state index < -0.39 is 0 Å². The van der Waals surface area contributed by atoms with Crippen LogP contribution in [0.2, 0.25) is 0 Å². The molecule has 0 aromatic rings. The van der Waals surface area contributed by atoms with Crippen molar-refractivity contribution >= 4 is 7.92 Å². The van der Waals surface area contributed by atoms with E-state index in [-0.39, 0.29) is 0 Å². The van der Waals surface area contributed by atoms with Crippen LogP contribution in [0.3, 0.4) is 0 Å². The van der Waals surface area contributed by atoms with E-state index in [1.54, 1.807) is 0 Å². The molecule has 0 aromatic carbocycles. The second-order valence-electron chi connectivity index (χ2n) is 3.11. The van der Waals surface area contributed by atoms with E-state index in [4.69, 9.17) is 0 Å². The Morgan fingerprint density at radius 1 is 1.22 bits per heavy atom. The van der Waals surface area contributed by atoms with Gasteiger partial charge in [0.1, 0.15) is 0 Å². The first-order valence-corrected chi connectivity index (χ1v) is 5.68. The third kappa shape index (κ3) is 1.46. The summed E-state index contributed by atoms with van der Waals surface area (Å²) >= 11 is 0. The lowest BCUT2D eigenvalue weighted by Gasteiger charge is -2.17. The van der Waals surface area contributed by atoms with Crippen LogP contribution in [0.5, 0.6) is 0 Å². The van der Waals surface area contributed by atoms with Crippen molar-refractivity contribution in [2.24, 2.45) is 0 Å². The summed E-state index contributed by atoms with van der Waals surface area (Å²) in [7, 11) is 0.435. The molecular weight excluding hydrogens is 127 g/mol. The Labute approximate surface area is 59.8 Å². The molecule has 1 saturated heterocycles. The minimum atomic E-state index is 0.435. The van der Waals surface area contributed by atoms with Crippen LogP contribution in [0, 0.1) is 0 Å². The molecule has 0 nitrogen and oxygen atoms in total. The van der Waals surface area contributed by atoms with Crippen molar-refractivity contribution in [3.63, 3.8) is 0 Å². The molecule has 0 aliphatic carbocycles. The minimum Gasteiger partial charge on any atom is -0.101 e. The molecule has 9 heavy (non-hydrogen) atoms. The average Bonchev–Trinajstić information content (AvgIpc) is 2.12. The minimum absolute atomic E-state index is 0.435. The van der Waals surface area contributed by atoms with E-state index in [0.29, 0.717) is 7.92 Å². The van der Waals surface area contributed by atoms with Gasteiger partial charge in [-0.05, 0) is 30.3 Å². The van der Waals surface area contributed by atoms with Crippen molar-refractivity contribution in [1.29, 1.82) is 0 Å². The van der Waals surface area contributed by atoms with Crippen LogP contribution < -0.4 is 0 Å². The first-order chi connectivity index (χ1) is 4.25. The maximum Gasteiger partial charge on any atom is -0.0235 e. The van der Waals surface area contributed by atoms with Gasteiger partial charge in [0.05, 0.1) is 0 Å². The Balaban J connectivity index is 2.44. The summed E-state index contributed by atoms with van der Waals surface area (Å²) in [6.07, 6.45) is 4.46. The molecule has 0 N–H and O–H groups in total. The van der Waals surface area contributed by atoms with Gasteiger partial charge in [0.15, 0.2) is 0 Å². The van der Waals surface area contributed by atoms with E-state index >= 15 is 0 Å². The summed E-state index contributed by atoms with van der Waals surface area (Å²) in [6.45, 7) is 7.21. The number of hydrogen-bond donors (Lipinski definition) is 0. The highest BCUT2D eigenvalue weighted by Gasteiger charge is 2.27. The van der Waals surface area contributed by atoms with Gasteiger partial charge in [-0.3, -0.25) is 0 Å². The summed E-state index contributed by atoms with van der Waals surface area (Å²) in [6, 6.07) is 0. The molecule has 0 saturated carbocycles. The zero-order valence-corrected chi connectivity index (χ0v) is 7.62. The quantitative estimate of drug-likeness (QED) is 0.496. The molecule has 1 fully saturated rings. The standard InChI is InChI=1S/C8H17P/c1-4-9-7(2)5-6-8(9)3/h7-8H,4-6H2,1-3H3. The number of hydrogen-bond acceptors (Lipinski definition) is 0. The molecule has 1 rings (SSSR count). The molecule has 1 heterocycles. The van der Waals surface area contributed by atoms with Gasteiger partial charge in [-0.15, -0.1) is 7.92 Å². The van der Waals surface area contributed by atoms with Crippen LogP contribution in [0.25, 0.3) is 0 Å². The lowest BCUT2D eigenvalue weighted by Crippen LogP contribution is -1.97. The van der Waals surface area contributed by atoms with Gasteiger partial charge in [-0.1, -0.05) is 20.8 Å². The van der Waals surface area contributed by atoms with Gasteiger partial charge in [-0.25, -0.2) is 0 Å². The van der Waals surface area contributed by atoms with Crippen LogP contribution >= 0.6 is 7.92 Å². The molecule has 0 bridgehead atoms. The molecule has 0 radical (unpaired) electrons. The maximum atomic E-state index is 2.43. The summed E-state index contributed by atoms with van der Waals surface area (Å²) in [5.74, 6) is 0. The molecule has 2 atom stereocenters. The molecule has 0 aromatic heterocycles. The van der Waals surface area contributed by atoms with Crippen LogP contribution in [0.15, 0.2) is 0 Å². The average molecular weight is 144 g/mol. The molecule has 0 spiro atoms. The summed E-state index contributed by atoms with van der Waals surface area (Å²) in [5, 5.41) is 0. The zero-order valence-electron chi connectivity index (χ0n) is 6.72. The molecular formula is C8H17P. The van der Waals surface area contributed by atoms with E-state index in [0.717, 1.165) is 11.3 Å². The van der Waals surface area contributed by atoms with Gasteiger partial charge < -0.3 is 0 Å². The SMILES string of the molecule is CCP1C(C)CCC1C. The van der Waals surface area contributed by atoms with E-state index in [2.05, 4.69) is 20.8 Å². The fourth-order valence-electron chi connectivity index (χ4n) is 1.87. The predicted octanol–water partition coefficient (Wildman–Crippen LogP) is 3.06. The van der Waals surface area contributed by atoms with Crippen LogP contribution in [0.1, 0.15) is 33.6 Å². The molecule has 54 valence electrons. The Hall–Kier alpha value is 0.430. The van der Waals surface area contributed by atoms with Crippen molar-refractivity contribution in [2.45, 2.75) is 44.9 Å². The highest BCUT2D eigenvalue weighted by atomic mass is 31.1. The second kappa shape index (κ2) is 3.01. The lowest BCUT2D eigenvalue weighted by atomic mass is 10.2. The zero-order chi connectivity index (χ0) is 6.85. The number of rotatable bonds is 1. The third-order valence-corrected chi connectivity index (χ3v) is 6.01. The van der Waals surface area contributed by atoms with E-state index in [9.17, 15) is 0 Å². The predicted molar refractivity (Wildman–Crippen MR) is 45.6 cm³/mol. The summed E-state index contributed by atoms with van der Waals surface area (Å²) in [4.78, 5) is 0. The molecule has 1 heteroatoms. The largest absolute Gasteiger partial charge is 0.101 e. The summed E-state index contributed by atoms with van der Waals surface area (Å²) < 4.78 is 0. The molecule has 2 unspecified atom stereocenters. The monoisotopic (exact) mass is 144 g/mol. The van der Waals surface area contributed by atoms with Crippen molar-refractivity contribution in [2.75, 3.05) is 6.16 Å². The highest BCUT2D eigenvalue weighted by molar-refractivity contribution is 7.59. The summed E-state index contributed by atoms with van der Waals surface area (Å²) in [5.41, 5.74) is 2.14. The normalized spacial score (nSPS) is 43.7. The van der Waals surface area contributed by atoms with Gasteiger partial charge >= 0.3 is 0 Å². The van der Waals surface area contributed by atoms with Crippen molar-refractivity contribution < 1.29 is 0 Å². The van der Waals surface area contributed by atoms with E-state index in [1.165, 1.54) is 19.0 Å². The first-order valence-electron chi connectivity index (χ1n) is 4.01. The molecule has 1 aliphatic heterocycles. The van der Waals surface area contributed by atoms with Gasteiger partial charge in [0, 0.05) is 0 Å². The Morgan fingerprint density at radius 2 is 1.67 bits per heavy atom. The van der Waals surface area contributed by atoms with Crippen molar-refractivity contribution in [1.82, 2.24) is 0 Å². The smallest absolute Gasteiger partial charge is 0.0235 e. The Bertz CT molecular complexity index is 80.6. The third-order valence-electron chi connectivity index (χ3n) is 2.50. The van der Waals surface area contributed by atoms with Crippen LogP contribution in [-0.2, 0) is 0 Å². The highest BCUT2D eigenvalue weighted by Crippen LogP contribution is 2.54. The van der Waals surface area contributed by atoms with Crippen LogP contribution in [-0.4, -0.2) is 17.5 Å². The molecule has 0 amide bonds. The lowest BCUT2D eigenvalue weighted by molar-refractivity contribution is 0.777. The fourth-order valence-corrected chi connectivity index (χ4v) is 4.95. The fraction of sp³-hybridized carbons (Fsp3) is 1.00. The van der Waals surface area contributed by atoms with Crippen LogP contribution in [0.4, 0.5) is 0 Å². The Morgan fingerprint density at radius 3 is 1.89 bits per heavy atom. The molecule has 1 aliphatic rings. The van der Waals surface area contributed by atoms with Gasteiger partial charge in [0.2, 0.25) is 0 Å². The first kappa shape index (κ1) is 7.54. The maximum absolute atomic E-state index is 2.43. The van der Waals surface area contributed by atoms with Gasteiger partial charge in [0.25, 0.3) is 0 Å². The van der Waals surface area contributed by atoms with Crippen molar-refractivity contribution in [3.05, 3.63) is 0 Å². The van der Waals surface area contributed by atoms with E-state index in [1.807, 2.05) is 0 Å². The van der Waals surface area contributed by atoms with Gasteiger partial charge in [-0.2, -0.15) is 0 Å². The second-order valence-corrected chi connectivity index (χ2v) is 6.53.